The van der Waals surface area contributed by atoms with Crippen molar-refractivity contribution in [2.24, 2.45) is 5.92 Å². The van der Waals surface area contributed by atoms with Gasteiger partial charge < -0.3 is 15.0 Å². The summed E-state index contributed by atoms with van der Waals surface area (Å²) in [6.07, 6.45) is -1.21. The van der Waals surface area contributed by atoms with Crippen LogP contribution < -0.4 is 5.32 Å². The van der Waals surface area contributed by atoms with Crippen molar-refractivity contribution in [3.8, 4) is 0 Å². The zero-order valence-electron chi connectivity index (χ0n) is 14.4. The van der Waals surface area contributed by atoms with E-state index in [9.17, 15) is 22.8 Å². The number of ether oxygens (including phenoxy) is 1. The Labute approximate surface area is 149 Å². The average molecular weight is 370 g/mol. The third kappa shape index (κ3) is 3.64. The number of hydrogen-bond acceptors (Lipinski definition) is 3. The number of carbonyl (C=O) groups is 2. The summed E-state index contributed by atoms with van der Waals surface area (Å²) in [5.41, 5.74) is -0.786. The number of hydrogen-bond donors (Lipinski definition) is 1. The molecule has 1 aromatic rings. The van der Waals surface area contributed by atoms with E-state index < -0.39 is 29.8 Å². The van der Waals surface area contributed by atoms with E-state index in [0.29, 0.717) is 0 Å². The molecule has 3 aliphatic rings. The van der Waals surface area contributed by atoms with E-state index >= 15 is 0 Å². The zero-order valence-corrected chi connectivity index (χ0v) is 14.4. The Kier molecular flexibility index (Phi) is 5.11. The maximum absolute atomic E-state index is 12.9. The predicted molar refractivity (Wildman–Crippen MR) is 88.5 cm³/mol. The standard InChI is InChI=1S/C18H21F3N2O3/c1-2-26-16(24)15-11-6-8-14(9-7-11)23(15)17(25)22-13-5-3-4-12(10-13)18(19,20)21/h3-5,10-11,14-15H,2,6-9H2,1H3,(H,22,25). The van der Waals surface area contributed by atoms with Gasteiger partial charge in [-0.05, 0) is 56.7 Å². The van der Waals surface area contributed by atoms with Crippen molar-refractivity contribution in [3.63, 3.8) is 0 Å². The lowest BCUT2D eigenvalue weighted by molar-refractivity contribution is -0.155. The van der Waals surface area contributed by atoms with Gasteiger partial charge in [-0.1, -0.05) is 6.07 Å². The number of carbonyl (C=O) groups excluding carboxylic acids is 2. The summed E-state index contributed by atoms with van der Waals surface area (Å²) in [4.78, 5) is 26.6. The van der Waals surface area contributed by atoms with Crippen LogP contribution in [0, 0.1) is 5.92 Å². The van der Waals surface area contributed by atoms with E-state index in [2.05, 4.69) is 5.32 Å². The van der Waals surface area contributed by atoms with Gasteiger partial charge in [-0.2, -0.15) is 13.2 Å². The Hall–Kier alpha value is -2.25. The van der Waals surface area contributed by atoms with Gasteiger partial charge in [-0.25, -0.2) is 9.59 Å². The van der Waals surface area contributed by atoms with Gasteiger partial charge >= 0.3 is 18.2 Å². The second-order valence-corrected chi connectivity index (χ2v) is 6.68. The fraction of sp³-hybridized carbons (Fsp3) is 0.556. The molecule has 0 radical (unpaired) electrons. The average Bonchev–Trinajstić information content (AvgIpc) is 2.61. The van der Waals surface area contributed by atoms with Gasteiger partial charge in [0.2, 0.25) is 0 Å². The summed E-state index contributed by atoms with van der Waals surface area (Å²) in [5, 5.41) is 2.52. The molecule has 2 amide bonds. The molecule has 26 heavy (non-hydrogen) atoms. The highest BCUT2D eigenvalue weighted by Gasteiger charge is 2.48. The van der Waals surface area contributed by atoms with Crippen molar-refractivity contribution in [2.75, 3.05) is 11.9 Å². The van der Waals surface area contributed by atoms with E-state index in [4.69, 9.17) is 4.74 Å². The maximum Gasteiger partial charge on any atom is 0.416 e. The second-order valence-electron chi connectivity index (χ2n) is 6.68. The molecule has 1 N–H and O–H groups in total. The van der Waals surface area contributed by atoms with Crippen molar-refractivity contribution in [2.45, 2.75) is 50.9 Å². The molecular weight excluding hydrogens is 349 g/mol. The maximum atomic E-state index is 12.9. The summed E-state index contributed by atoms with van der Waals surface area (Å²) < 4.78 is 43.7. The van der Waals surface area contributed by atoms with Crippen LogP contribution in [-0.2, 0) is 15.7 Å². The van der Waals surface area contributed by atoms with Gasteiger partial charge in [0.15, 0.2) is 0 Å². The van der Waals surface area contributed by atoms with Crippen molar-refractivity contribution in [1.82, 2.24) is 4.90 Å². The van der Waals surface area contributed by atoms with E-state index in [0.717, 1.165) is 37.8 Å². The van der Waals surface area contributed by atoms with Crippen LogP contribution in [0.4, 0.5) is 23.7 Å². The smallest absolute Gasteiger partial charge is 0.416 e. The first-order valence-corrected chi connectivity index (χ1v) is 8.74. The van der Waals surface area contributed by atoms with Gasteiger partial charge in [-0.3, -0.25) is 0 Å². The lowest BCUT2D eigenvalue weighted by Crippen LogP contribution is -2.61. The molecule has 1 aromatic carbocycles. The van der Waals surface area contributed by atoms with Crippen molar-refractivity contribution >= 4 is 17.7 Å². The molecule has 8 heteroatoms. The third-order valence-electron chi connectivity index (χ3n) is 5.08. The molecule has 2 aliphatic heterocycles. The Balaban J connectivity index is 1.80. The molecule has 2 bridgehead atoms. The molecule has 1 saturated carbocycles. The minimum absolute atomic E-state index is 0.0336. The number of esters is 1. The van der Waals surface area contributed by atoms with E-state index in [-0.39, 0.29) is 24.3 Å². The minimum atomic E-state index is -4.49. The van der Waals surface area contributed by atoms with E-state index in [1.807, 2.05) is 0 Å². The molecule has 1 aliphatic carbocycles. The SMILES string of the molecule is CCOC(=O)C1C2CCC(CC2)N1C(=O)Nc1cccc(C(F)(F)F)c1. The van der Waals surface area contributed by atoms with Crippen LogP contribution in [0.25, 0.3) is 0 Å². The number of fused-ring (bicyclic) bond motifs is 3. The number of nitrogens with one attached hydrogen (secondary N) is 1. The fourth-order valence-corrected chi connectivity index (χ4v) is 3.94. The summed E-state index contributed by atoms with van der Waals surface area (Å²) >= 11 is 0. The van der Waals surface area contributed by atoms with E-state index in [1.165, 1.54) is 17.0 Å². The monoisotopic (exact) mass is 370 g/mol. The number of halogens is 3. The Bertz CT molecular complexity index is 685. The molecule has 1 atom stereocenters. The molecule has 0 aromatic heterocycles. The number of alkyl halides is 3. The molecule has 4 rings (SSSR count). The lowest BCUT2D eigenvalue weighted by atomic mass is 9.74. The first-order valence-electron chi connectivity index (χ1n) is 8.74. The quantitative estimate of drug-likeness (QED) is 0.817. The molecule has 142 valence electrons. The number of urea groups is 1. The molecule has 1 unspecified atom stereocenters. The number of anilines is 1. The first kappa shape index (κ1) is 18.5. The highest BCUT2D eigenvalue weighted by molar-refractivity contribution is 5.93. The van der Waals surface area contributed by atoms with Crippen LogP contribution in [0.5, 0.6) is 0 Å². The number of rotatable bonds is 3. The van der Waals surface area contributed by atoms with Gasteiger partial charge in [-0.15, -0.1) is 0 Å². The number of piperidine rings is 2. The van der Waals surface area contributed by atoms with Crippen LogP contribution in [0.3, 0.4) is 0 Å². The van der Waals surface area contributed by atoms with Crippen LogP contribution in [-0.4, -0.2) is 35.6 Å². The Morgan fingerprint density at radius 1 is 1.23 bits per heavy atom. The molecule has 5 nitrogen and oxygen atoms in total. The van der Waals surface area contributed by atoms with Crippen LogP contribution in [0.15, 0.2) is 24.3 Å². The van der Waals surface area contributed by atoms with Gasteiger partial charge in [0, 0.05) is 11.7 Å². The normalized spacial score (nSPS) is 25.1. The molecule has 0 spiro atoms. The van der Waals surface area contributed by atoms with Crippen molar-refractivity contribution in [1.29, 1.82) is 0 Å². The predicted octanol–water partition coefficient (Wildman–Crippen LogP) is 4.04. The molecular formula is C18H21F3N2O3. The molecule has 3 fully saturated rings. The van der Waals surface area contributed by atoms with Gasteiger partial charge in [0.1, 0.15) is 6.04 Å². The van der Waals surface area contributed by atoms with Crippen molar-refractivity contribution < 1.29 is 27.5 Å². The summed E-state index contributed by atoms with van der Waals surface area (Å²) in [6.45, 7) is 1.92. The van der Waals surface area contributed by atoms with Crippen molar-refractivity contribution in [3.05, 3.63) is 29.8 Å². The van der Waals surface area contributed by atoms with Crippen LogP contribution in [0.1, 0.15) is 38.2 Å². The van der Waals surface area contributed by atoms with Crippen LogP contribution >= 0.6 is 0 Å². The summed E-state index contributed by atoms with van der Waals surface area (Å²) in [6, 6.07) is 3.14. The first-order chi connectivity index (χ1) is 12.3. The highest BCUT2D eigenvalue weighted by atomic mass is 19.4. The minimum Gasteiger partial charge on any atom is -0.464 e. The highest BCUT2D eigenvalue weighted by Crippen LogP contribution is 2.40. The topological polar surface area (TPSA) is 58.6 Å². The molecule has 2 heterocycles. The number of amides is 2. The van der Waals surface area contributed by atoms with Crippen LogP contribution in [0.2, 0.25) is 0 Å². The summed E-state index contributed by atoms with van der Waals surface area (Å²) in [5.74, 6) is -0.410. The van der Waals surface area contributed by atoms with E-state index in [1.54, 1.807) is 6.92 Å². The largest absolute Gasteiger partial charge is 0.464 e. The third-order valence-corrected chi connectivity index (χ3v) is 5.08. The van der Waals surface area contributed by atoms with Gasteiger partial charge in [0.05, 0.1) is 12.2 Å². The fourth-order valence-electron chi connectivity index (χ4n) is 3.94. The zero-order chi connectivity index (χ0) is 18.9. The molecule has 2 saturated heterocycles. The summed E-state index contributed by atoms with van der Waals surface area (Å²) in [7, 11) is 0. The lowest BCUT2D eigenvalue weighted by Gasteiger charge is -2.49. The number of benzene rings is 1. The van der Waals surface area contributed by atoms with Gasteiger partial charge in [0.25, 0.3) is 0 Å². The number of nitrogens with zero attached hydrogens (tertiary/aromatic N) is 1. The second kappa shape index (κ2) is 7.17. The Morgan fingerprint density at radius 3 is 2.54 bits per heavy atom. The Morgan fingerprint density at radius 2 is 1.92 bits per heavy atom.